The Labute approximate surface area is 134 Å². The lowest BCUT2D eigenvalue weighted by Crippen LogP contribution is -2.47. The minimum Gasteiger partial charge on any atom is -0.376 e. The van der Waals surface area contributed by atoms with E-state index in [9.17, 15) is 14.0 Å². The highest BCUT2D eigenvalue weighted by Crippen LogP contribution is 2.21. The minimum absolute atomic E-state index is 0.0655. The molecule has 2 fully saturated rings. The van der Waals surface area contributed by atoms with Crippen molar-refractivity contribution in [3.8, 4) is 0 Å². The summed E-state index contributed by atoms with van der Waals surface area (Å²) in [6.07, 6.45) is 2.56. The molecule has 0 radical (unpaired) electrons. The number of halogens is 1. The first-order chi connectivity index (χ1) is 11.1. The van der Waals surface area contributed by atoms with Gasteiger partial charge in [-0.25, -0.2) is 9.18 Å². The molecule has 6 nitrogen and oxygen atoms in total. The quantitative estimate of drug-likeness (QED) is 0.881. The van der Waals surface area contributed by atoms with Gasteiger partial charge in [0.1, 0.15) is 11.9 Å². The molecule has 0 aliphatic carbocycles. The number of urea groups is 1. The lowest BCUT2D eigenvalue weighted by atomic mass is 10.2. The Balaban J connectivity index is 1.50. The fraction of sp³-hybridized carbons (Fsp3) is 0.500. The Hall–Kier alpha value is -2.15. The third kappa shape index (κ3) is 3.79. The molecule has 2 aliphatic heterocycles. The van der Waals surface area contributed by atoms with Crippen LogP contribution < -0.4 is 15.5 Å². The zero-order valence-electron chi connectivity index (χ0n) is 12.8. The van der Waals surface area contributed by atoms with E-state index >= 15 is 0 Å². The van der Waals surface area contributed by atoms with Crippen molar-refractivity contribution in [1.29, 1.82) is 0 Å². The van der Waals surface area contributed by atoms with Gasteiger partial charge in [0.25, 0.3) is 0 Å². The molecule has 1 aromatic rings. The Bertz CT molecular complexity index is 572. The van der Waals surface area contributed by atoms with Crippen LogP contribution in [0.1, 0.15) is 19.3 Å². The molecule has 0 spiro atoms. The van der Waals surface area contributed by atoms with Gasteiger partial charge in [-0.2, -0.15) is 0 Å². The zero-order valence-corrected chi connectivity index (χ0v) is 12.8. The predicted octanol–water partition coefficient (Wildman–Crippen LogP) is 1.41. The molecule has 0 unspecified atom stereocenters. The van der Waals surface area contributed by atoms with E-state index in [1.807, 2.05) is 0 Å². The van der Waals surface area contributed by atoms with Crippen LogP contribution in [0.25, 0.3) is 0 Å². The maximum Gasteiger partial charge on any atom is 0.315 e. The van der Waals surface area contributed by atoms with Crippen LogP contribution >= 0.6 is 0 Å². The SMILES string of the molecule is O=C(NC[C@H]1CCCO1)N[C@H]1CCN(c2ccc(F)cc2)C1=O. The van der Waals surface area contributed by atoms with E-state index in [0.717, 1.165) is 19.4 Å². The van der Waals surface area contributed by atoms with Crippen LogP contribution in [0.2, 0.25) is 0 Å². The van der Waals surface area contributed by atoms with Crippen molar-refractivity contribution in [2.45, 2.75) is 31.4 Å². The number of rotatable bonds is 4. The lowest BCUT2D eigenvalue weighted by molar-refractivity contribution is -0.118. The van der Waals surface area contributed by atoms with Gasteiger partial charge in [0.2, 0.25) is 5.91 Å². The van der Waals surface area contributed by atoms with E-state index in [0.29, 0.717) is 25.2 Å². The number of ether oxygens (including phenoxy) is 1. The maximum atomic E-state index is 13.0. The summed E-state index contributed by atoms with van der Waals surface area (Å²) in [5, 5.41) is 5.43. The van der Waals surface area contributed by atoms with E-state index < -0.39 is 6.04 Å². The normalized spacial score (nSPS) is 24.0. The van der Waals surface area contributed by atoms with Gasteiger partial charge in [-0.05, 0) is 43.5 Å². The monoisotopic (exact) mass is 321 g/mol. The first kappa shape index (κ1) is 15.7. The van der Waals surface area contributed by atoms with Crippen molar-refractivity contribution >= 4 is 17.6 Å². The number of amides is 3. The first-order valence-electron chi connectivity index (χ1n) is 7.86. The second-order valence-electron chi connectivity index (χ2n) is 5.80. The number of hydrogen-bond acceptors (Lipinski definition) is 3. The van der Waals surface area contributed by atoms with Crippen LogP contribution in [0, 0.1) is 5.82 Å². The maximum absolute atomic E-state index is 13.0. The summed E-state index contributed by atoms with van der Waals surface area (Å²) in [5.41, 5.74) is 0.639. The number of nitrogens with one attached hydrogen (secondary N) is 2. The van der Waals surface area contributed by atoms with Crippen molar-refractivity contribution in [3.63, 3.8) is 0 Å². The van der Waals surface area contributed by atoms with Gasteiger partial charge in [0.05, 0.1) is 6.10 Å². The third-order valence-corrected chi connectivity index (χ3v) is 4.16. The average Bonchev–Trinajstić information content (AvgIpc) is 3.18. The molecule has 1 aromatic carbocycles. The van der Waals surface area contributed by atoms with Gasteiger partial charge < -0.3 is 20.3 Å². The van der Waals surface area contributed by atoms with Gasteiger partial charge in [-0.15, -0.1) is 0 Å². The van der Waals surface area contributed by atoms with Crippen LogP contribution in [-0.2, 0) is 9.53 Å². The molecule has 3 amide bonds. The van der Waals surface area contributed by atoms with Gasteiger partial charge in [-0.3, -0.25) is 4.79 Å². The summed E-state index contributed by atoms with van der Waals surface area (Å²) >= 11 is 0. The molecular formula is C16H20FN3O3. The number of anilines is 1. The summed E-state index contributed by atoms with van der Waals surface area (Å²) in [6.45, 7) is 1.69. The van der Waals surface area contributed by atoms with Crippen molar-refractivity contribution in [2.24, 2.45) is 0 Å². The first-order valence-corrected chi connectivity index (χ1v) is 7.86. The van der Waals surface area contributed by atoms with Crippen molar-refractivity contribution in [1.82, 2.24) is 10.6 Å². The third-order valence-electron chi connectivity index (χ3n) is 4.16. The smallest absolute Gasteiger partial charge is 0.315 e. The van der Waals surface area contributed by atoms with Crippen LogP contribution in [0.5, 0.6) is 0 Å². The van der Waals surface area contributed by atoms with Crippen LogP contribution in [-0.4, -0.2) is 43.8 Å². The van der Waals surface area contributed by atoms with Crippen molar-refractivity contribution in [2.75, 3.05) is 24.6 Å². The lowest BCUT2D eigenvalue weighted by Gasteiger charge is -2.18. The Morgan fingerprint density at radius 1 is 1.30 bits per heavy atom. The Morgan fingerprint density at radius 2 is 2.09 bits per heavy atom. The molecule has 2 aliphatic rings. The number of carbonyl (C=O) groups is 2. The summed E-state index contributed by atoms with van der Waals surface area (Å²) in [6, 6.07) is 4.85. The molecule has 0 bridgehead atoms. The highest BCUT2D eigenvalue weighted by atomic mass is 19.1. The van der Waals surface area contributed by atoms with Crippen LogP contribution in [0.3, 0.4) is 0 Å². The van der Waals surface area contributed by atoms with Crippen LogP contribution in [0.4, 0.5) is 14.9 Å². The molecule has 2 heterocycles. The fourth-order valence-electron chi connectivity index (χ4n) is 2.91. The second-order valence-corrected chi connectivity index (χ2v) is 5.80. The minimum atomic E-state index is -0.551. The summed E-state index contributed by atoms with van der Waals surface area (Å²) in [4.78, 5) is 25.8. The van der Waals surface area contributed by atoms with E-state index in [1.165, 1.54) is 12.1 Å². The largest absolute Gasteiger partial charge is 0.376 e. The van der Waals surface area contributed by atoms with Crippen molar-refractivity contribution < 1.29 is 18.7 Å². The molecule has 124 valence electrons. The molecule has 2 N–H and O–H groups in total. The molecule has 2 saturated heterocycles. The molecule has 23 heavy (non-hydrogen) atoms. The Kier molecular flexibility index (Phi) is 4.76. The van der Waals surface area contributed by atoms with E-state index in [4.69, 9.17) is 4.74 Å². The molecular weight excluding hydrogens is 301 g/mol. The predicted molar refractivity (Wildman–Crippen MR) is 82.7 cm³/mol. The van der Waals surface area contributed by atoms with Gasteiger partial charge in [0.15, 0.2) is 0 Å². The number of hydrogen-bond donors (Lipinski definition) is 2. The molecule has 3 rings (SSSR count). The van der Waals surface area contributed by atoms with Crippen LogP contribution in [0.15, 0.2) is 24.3 Å². The summed E-state index contributed by atoms with van der Waals surface area (Å²) < 4.78 is 18.4. The summed E-state index contributed by atoms with van der Waals surface area (Å²) in [5.74, 6) is -0.521. The molecule has 2 atom stereocenters. The highest BCUT2D eigenvalue weighted by molar-refractivity contribution is 6.01. The van der Waals surface area contributed by atoms with E-state index in [2.05, 4.69) is 10.6 Å². The van der Waals surface area contributed by atoms with Crippen molar-refractivity contribution in [3.05, 3.63) is 30.1 Å². The van der Waals surface area contributed by atoms with E-state index in [1.54, 1.807) is 17.0 Å². The zero-order chi connectivity index (χ0) is 16.2. The fourth-order valence-corrected chi connectivity index (χ4v) is 2.91. The van der Waals surface area contributed by atoms with Gasteiger partial charge >= 0.3 is 6.03 Å². The molecule has 0 saturated carbocycles. The summed E-state index contributed by atoms with van der Waals surface area (Å²) in [7, 11) is 0. The second kappa shape index (κ2) is 6.95. The Morgan fingerprint density at radius 3 is 2.78 bits per heavy atom. The number of benzene rings is 1. The van der Waals surface area contributed by atoms with Gasteiger partial charge in [0, 0.05) is 25.4 Å². The molecule has 7 heteroatoms. The standard InChI is InChI=1S/C16H20FN3O3/c17-11-3-5-12(6-4-11)20-8-7-14(15(20)21)19-16(22)18-10-13-2-1-9-23-13/h3-6,13-14H,1-2,7-10H2,(H2,18,19,22)/t13-,14+/m1/s1. The number of carbonyl (C=O) groups excluding carboxylic acids is 2. The number of nitrogens with zero attached hydrogens (tertiary/aromatic N) is 1. The van der Waals surface area contributed by atoms with E-state index in [-0.39, 0.29) is 23.9 Å². The van der Waals surface area contributed by atoms with Gasteiger partial charge in [-0.1, -0.05) is 0 Å². The molecule has 0 aromatic heterocycles. The average molecular weight is 321 g/mol. The highest BCUT2D eigenvalue weighted by Gasteiger charge is 2.33. The topological polar surface area (TPSA) is 70.7 Å².